The summed E-state index contributed by atoms with van der Waals surface area (Å²) in [4.78, 5) is 23.3. The number of carbonyl (C=O) groups is 1. The summed E-state index contributed by atoms with van der Waals surface area (Å²) in [6, 6.07) is 10.1. The summed E-state index contributed by atoms with van der Waals surface area (Å²) in [6.45, 7) is 1.99. The number of nitrogens with zero attached hydrogens (tertiary/aromatic N) is 3. The van der Waals surface area contributed by atoms with Gasteiger partial charge in [0.25, 0.3) is 0 Å². The summed E-state index contributed by atoms with van der Waals surface area (Å²) in [5.74, 6) is -0.825. The number of nitro benzene ring substituents is 1. The van der Waals surface area contributed by atoms with Crippen molar-refractivity contribution < 1.29 is 19.2 Å². The van der Waals surface area contributed by atoms with Gasteiger partial charge in [0, 0.05) is 6.07 Å². The summed E-state index contributed by atoms with van der Waals surface area (Å²) in [7, 11) is 1.38. The zero-order valence-electron chi connectivity index (χ0n) is 14.7. The van der Waals surface area contributed by atoms with Gasteiger partial charge in [0.1, 0.15) is 11.0 Å². The van der Waals surface area contributed by atoms with Crippen molar-refractivity contribution in [1.29, 1.82) is 0 Å². The molecule has 1 heterocycles. The number of benzene rings is 2. The van der Waals surface area contributed by atoms with E-state index in [4.69, 9.17) is 9.47 Å². The molecule has 0 aliphatic heterocycles. The number of ether oxygens (including phenoxy) is 2. The lowest BCUT2D eigenvalue weighted by Gasteiger charge is -2.16. The van der Waals surface area contributed by atoms with Crippen LogP contribution in [0.3, 0.4) is 0 Å². The lowest BCUT2D eigenvalue weighted by molar-refractivity contribution is -0.385. The van der Waals surface area contributed by atoms with Crippen molar-refractivity contribution in [3.63, 3.8) is 0 Å². The largest absolute Gasteiger partial charge is 0.490 e. The molecule has 140 valence electrons. The molecule has 8 nitrogen and oxygen atoms in total. The van der Waals surface area contributed by atoms with E-state index >= 15 is 0 Å². The minimum absolute atomic E-state index is 0.142. The van der Waals surface area contributed by atoms with E-state index in [-0.39, 0.29) is 24.5 Å². The van der Waals surface area contributed by atoms with Gasteiger partial charge < -0.3 is 9.47 Å². The van der Waals surface area contributed by atoms with Crippen LogP contribution >= 0.6 is 11.7 Å². The molecule has 1 unspecified atom stereocenters. The van der Waals surface area contributed by atoms with Crippen molar-refractivity contribution >= 4 is 34.4 Å². The van der Waals surface area contributed by atoms with Crippen LogP contribution in [0.2, 0.25) is 0 Å². The molecule has 0 N–H and O–H groups in total. The van der Waals surface area contributed by atoms with Crippen LogP contribution in [0.1, 0.15) is 24.0 Å². The standard InChI is InChI=1S/C18H17N3O5S/c1-3-26-18(22)13(12-5-6-14-15(10-12)20-27-19-14)8-11-4-7-17(25-2)16(9-11)21(23)24/h4-7,9-10,13H,3,8H2,1-2H3. The van der Waals surface area contributed by atoms with E-state index in [1.807, 2.05) is 6.07 Å². The molecule has 0 fully saturated rings. The highest BCUT2D eigenvalue weighted by Gasteiger charge is 2.25. The maximum Gasteiger partial charge on any atom is 0.313 e. The predicted octanol–water partition coefficient (Wildman–Crippen LogP) is 3.50. The second kappa shape index (κ2) is 8.09. The summed E-state index contributed by atoms with van der Waals surface area (Å²) in [5.41, 5.74) is 2.68. The zero-order chi connectivity index (χ0) is 19.4. The number of hydrogen-bond donors (Lipinski definition) is 0. The predicted molar refractivity (Wildman–Crippen MR) is 100 cm³/mol. The first-order valence-electron chi connectivity index (χ1n) is 8.23. The molecular weight excluding hydrogens is 370 g/mol. The molecule has 0 bridgehead atoms. The third kappa shape index (κ3) is 4.03. The van der Waals surface area contributed by atoms with Crippen LogP contribution in [-0.2, 0) is 16.0 Å². The van der Waals surface area contributed by atoms with Gasteiger partial charge in [-0.1, -0.05) is 12.1 Å². The molecule has 0 radical (unpaired) electrons. The maximum atomic E-state index is 12.6. The van der Waals surface area contributed by atoms with E-state index in [1.165, 1.54) is 19.2 Å². The van der Waals surface area contributed by atoms with Crippen LogP contribution < -0.4 is 4.74 Å². The quantitative estimate of drug-likeness (QED) is 0.347. The van der Waals surface area contributed by atoms with E-state index in [9.17, 15) is 14.9 Å². The number of esters is 1. The average molecular weight is 387 g/mol. The highest BCUT2D eigenvalue weighted by Crippen LogP contribution is 2.31. The summed E-state index contributed by atoms with van der Waals surface area (Å²) in [6.07, 6.45) is 0.257. The van der Waals surface area contributed by atoms with Gasteiger partial charge in [-0.25, -0.2) is 0 Å². The molecule has 1 atom stereocenters. The van der Waals surface area contributed by atoms with Crippen molar-refractivity contribution in [1.82, 2.24) is 8.75 Å². The molecule has 0 spiro atoms. The van der Waals surface area contributed by atoms with Crippen molar-refractivity contribution in [2.45, 2.75) is 19.3 Å². The zero-order valence-corrected chi connectivity index (χ0v) is 15.6. The number of aromatic nitrogens is 2. The fourth-order valence-electron chi connectivity index (χ4n) is 2.84. The number of nitro groups is 1. The van der Waals surface area contributed by atoms with Gasteiger partial charge in [0.05, 0.1) is 36.3 Å². The number of carbonyl (C=O) groups excluding carboxylic acids is 1. The second-order valence-electron chi connectivity index (χ2n) is 5.78. The van der Waals surface area contributed by atoms with Crippen molar-refractivity contribution in [2.24, 2.45) is 0 Å². The highest BCUT2D eigenvalue weighted by atomic mass is 32.1. The second-order valence-corrected chi connectivity index (χ2v) is 6.31. The van der Waals surface area contributed by atoms with Crippen LogP contribution in [0.4, 0.5) is 5.69 Å². The number of fused-ring (bicyclic) bond motifs is 1. The first-order valence-corrected chi connectivity index (χ1v) is 8.96. The minimum Gasteiger partial charge on any atom is -0.490 e. The third-order valence-corrected chi connectivity index (χ3v) is 4.69. The van der Waals surface area contributed by atoms with E-state index in [0.29, 0.717) is 11.1 Å². The van der Waals surface area contributed by atoms with Crippen LogP contribution in [-0.4, -0.2) is 33.4 Å². The van der Waals surface area contributed by atoms with Crippen molar-refractivity contribution in [3.8, 4) is 5.75 Å². The number of rotatable bonds is 7. The Morgan fingerprint density at radius 3 is 2.70 bits per heavy atom. The van der Waals surface area contributed by atoms with Crippen molar-refractivity contribution in [2.75, 3.05) is 13.7 Å². The molecule has 27 heavy (non-hydrogen) atoms. The Bertz CT molecular complexity index is 988. The smallest absolute Gasteiger partial charge is 0.313 e. The van der Waals surface area contributed by atoms with Crippen molar-refractivity contribution in [3.05, 3.63) is 57.6 Å². The maximum absolute atomic E-state index is 12.6. The number of methoxy groups -OCH3 is 1. The Hall–Kier alpha value is -3.07. The van der Waals surface area contributed by atoms with Gasteiger partial charge in [-0.2, -0.15) is 8.75 Å². The number of hydrogen-bond acceptors (Lipinski definition) is 8. The van der Waals surface area contributed by atoms with Crippen LogP contribution in [0.15, 0.2) is 36.4 Å². The Morgan fingerprint density at radius 1 is 1.22 bits per heavy atom. The van der Waals surface area contributed by atoms with Gasteiger partial charge in [-0.15, -0.1) is 0 Å². The monoisotopic (exact) mass is 387 g/mol. The Morgan fingerprint density at radius 2 is 2.00 bits per heavy atom. The minimum atomic E-state index is -0.607. The van der Waals surface area contributed by atoms with Crippen LogP contribution in [0.25, 0.3) is 11.0 Å². The van der Waals surface area contributed by atoms with E-state index in [1.54, 1.807) is 25.1 Å². The molecular formula is C18H17N3O5S. The molecule has 1 aromatic heterocycles. The normalized spacial score (nSPS) is 11.9. The highest BCUT2D eigenvalue weighted by molar-refractivity contribution is 7.00. The topological polar surface area (TPSA) is 104 Å². The fraction of sp³-hybridized carbons (Fsp3) is 0.278. The fourth-order valence-corrected chi connectivity index (χ4v) is 3.35. The molecule has 2 aromatic carbocycles. The van der Waals surface area contributed by atoms with Crippen LogP contribution in [0.5, 0.6) is 5.75 Å². The molecule has 0 aliphatic rings. The van der Waals surface area contributed by atoms with E-state index < -0.39 is 16.8 Å². The van der Waals surface area contributed by atoms with E-state index in [0.717, 1.165) is 22.8 Å². The third-order valence-electron chi connectivity index (χ3n) is 4.13. The molecule has 0 aliphatic carbocycles. The average Bonchev–Trinajstić information content (AvgIpc) is 3.13. The Balaban J connectivity index is 1.97. The lowest BCUT2D eigenvalue weighted by Crippen LogP contribution is -2.18. The first kappa shape index (κ1) is 18.7. The first-order chi connectivity index (χ1) is 13.0. The van der Waals surface area contributed by atoms with Gasteiger partial charge in [0.15, 0.2) is 5.75 Å². The van der Waals surface area contributed by atoms with Gasteiger partial charge >= 0.3 is 11.7 Å². The molecule has 3 rings (SSSR count). The van der Waals surface area contributed by atoms with E-state index in [2.05, 4.69) is 8.75 Å². The van der Waals surface area contributed by atoms with Gasteiger partial charge in [0.2, 0.25) is 0 Å². The van der Waals surface area contributed by atoms with Crippen LogP contribution in [0, 0.1) is 10.1 Å². The molecule has 0 saturated heterocycles. The molecule has 0 saturated carbocycles. The van der Waals surface area contributed by atoms with Gasteiger partial charge in [-0.3, -0.25) is 14.9 Å². The Kier molecular flexibility index (Phi) is 5.60. The lowest BCUT2D eigenvalue weighted by atomic mass is 9.91. The molecule has 3 aromatic rings. The molecule has 9 heteroatoms. The Labute approximate surface area is 159 Å². The van der Waals surface area contributed by atoms with Gasteiger partial charge in [-0.05, 0) is 42.7 Å². The summed E-state index contributed by atoms with van der Waals surface area (Å²) < 4.78 is 18.6. The SMILES string of the molecule is CCOC(=O)C(Cc1ccc(OC)c([N+](=O)[O-])c1)c1ccc2nsnc2c1. The summed E-state index contributed by atoms with van der Waals surface area (Å²) >= 11 is 1.10. The summed E-state index contributed by atoms with van der Waals surface area (Å²) in [5, 5.41) is 11.3. The molecule has 0 amide bonds.